The maximum absolute atomic E-state index is 12.4. The number of hydrogen-bond acceptors (Lipinski definition) is 1. The van der Waals surface area contributed by atoms with E-state index in [4.69, 9.17) is 5.26 Å². The van der Waals surface area contributed by atoms with Gasteiger partial charge in [0, 0.05) is 0 Å². The topological polar surface area (TPSA) is 23.8 Å². The first kappa shape index (κ1) is 15.8. The van der Waals surface area contributed by atoms with Crippen LogP contribution in [0.1, 0.15) is 32.3 Å². The summed E-state index contributed by atoms with van der Waals surface area (Å²) in [4.78, 5) is 0. The molecule has 2 heteroatoms. The molecule has 0 heterocycles. The highest BCUT2D eigenvalue weighted by molar-refractivity contribution is 5.23. The second-order valence-corrected chi connectivity index (χ2v) is 2.40. The van der Waals surface area contributed by atoms with Crippen LogP contribution in [0.2, 0.25) is 0 Å². The SMILES string of the molecule is C=C.CC.CC(C#N)c1ccc(F)cc1. The molecule has 0 radical (unpaired) electrons. The Morgan fingerprint density at radius 2 is 1.60 bits per heavy atom. The zero-order chi connectivity index (χ0) is 12.3. The van der Waals surface area contributed by atoms with E-state index in [0.717, 1.165) is 5.56 Å². The van der Waals surface area contributed by atoms with Crippen molar-refractivity contribution in [1.82, 2.24) is 0 Å². The summed E-state index contributed by atoms with van der Waals surface area (Å²) in [7, 11) is 0. The Kier molecular flexibility index (Phi) is 11.0. The quantitative estimate of drug-likeness (QED) is 0.630. The van der Waals surface area contributed by atoms with Crippen LogP contribution < -0.4 is 0 Å². The summed E-state index contributed by atoms with van der Waals surface area (Å²) in [5, 5.41) is 8.51. The van der Waals surface area contributed by atoms with Gasteiger partial charge in [-0.3, -0.25) is 0 Å². The first-order valence-electron chi connectivity index (χ1n) is 4.89. The lowest BCUT2D eigenvalue weighted by molar-refractivity contribution is 0.627. The zero-order valence-electron chi connectivity index (χ0n) is 9.63. The summed E-state index contributed by atoms with van der Waals surface area (Å²) in [5.74, 6) is -0.422. The summed E-state index contributed by atoms with van der Waals surface area (Å²) in [6.45, 7) is 11.8. The molecule has 15 heavy (non-hydrogen) atoms. The molecule has 0 N–H and O–H groups in total. The molecule has 0 amide bonds. The van der Waals surface area contributed by atoms with Crippen molar-refractivity contribution in [3.8, 4) is 6.07 Å². The van der Waals surface area contributed by atoms with Gasteiger partial charge in [-0.1, -0.05) is 26.0 Å². The van der Waals surface area contributed by atoms with Gasteiger partial charge in [0.05, 0.1) is 12.0 Å². The van der Waals surface area contributed by atoms with Crippen molar-refractivity contribution in [3.05, 3.63) is 48.8 Å². The van der Waals surface area contributed by atoms with Crippen LogP contribution in [0.15, 0.2) is 37.4 Å². The van der Waals surface area contributed by atoms with Crippen molar-refractivity contribution in [2.75, 3.05) is 0 Å². The number of hydrogen-bond donors (Lipinski definition) is 0. The Labute approximate surface area is 91.9 Å². The standard InChI is InChI=1S/C9H8FN.C2H6.C2H4/c1-7(6-11)8-2-4-9(10)5-3-8;2*1-2/h2-5,7H,1H3;1-2H3;1-2H2. The highest BCUT2D eigenvalue weighted by atomic mass is 19.1. The molecule has 0 saturated carbocycles. The molecule has 0 bridgehead atoms. The Morgan fingerprint density at radius 3 is 1.93 bits per heavy atom. The molecule has 0 aromatic heterocycles. The van der Waals surface area contributed by atoms with Crippen molar-refractivity contribution in [3.63, 3.8) is 0 Å². The Bertz CT molecular complexity index is 284. The Hall–Kier alpha value is -1.62. The fourth-order valence-corrected chi connectivity index (χ4v) is 0.826. The monoisotopic (exact) mass is 207 g/mol. The summed E-state index contributed by atoms with van der Waals surface area (Å²) < 4.78 is 12.4. The summed E-state index contributed by atoms with van der Waals surface area (Å²) in [6, 6.07) is 8.06. The average molecular weight is 207 g/mol. The number of halogens is 1. The van der Waals surface area contributed by atoms with Gasteiger partial charge in [-0.2, -0.15) is 5.26 Å². The van der Waals surface area contributed by atoms with Gasteiger partial charge in [-0.05, 0) is 24.6 Å². The minimum absolute atomic E-state index is 0.157. The fraction of sp³-hybridized carbons (Fsp3) is 0.308. The molecule has 1 unspecified atom stereocenters. The van der Waals surface area contributed by atoms with E-state index in [0.29, 0.717) is 0 Å². The van der Waals surface area contributed by atoms with Crippen LogP contribution in [-0.2, 0) is 0 Å². The molecule has 1 aromatic rings. The van der Waals surface area contributed by atoms with E-state index in [1.54, 1.807) is 19.1 Å². The van der Waals surface area contributed by atoms with E-state index in [2.05, 4.69) is 19.2 Å². The van der Waals surface area contributed by atoms with Crippen LogP contribution in [0, 0.1) is 17.1 Å². The van der Waals surface area contributed by atoms with Gasteiger partial charge in [0.25, 0.3) is 0 Å². The normalized spacial score (nSPS) is 9.53. The zero-order valence-corrected chi connectivity index (χ0v) is 9.63. The predicted molar refractivity (Wildman–Crippen MR) is 63.0 cm³/mol. The second kappa shape index (κ2) is 10.5. The molecular weight excluding hydrogens is 189 g/mol. The van der Waals surface area contributed by atoms with Crippen LogP contribution in [0.4, 0.5) is 4.39 Å². The van der Waals surface area contributed by atoms with Crippen LogP contribution in [0.25, 0.3) is 0 Å². The summed E-state index contributed by atoms with van der Waals surface area (Å²) in [6.07, 6.45) is 0. The van der Waals surface area contributed by atoms with E-state index >= 15 is 0 Å². The molecule has 1 nitrogen and oxygen atoms in total. The van der Waals surface area contributed by atoms with Crippen LogP contribution in [0.5, 0.6) is 0 Å². The van der Waals surface area contributed by atoms with E-state index < -0.39 is 0 Å². The lowest BCUT2D eigenvalue weighted by Crippen LogP contribution is -1.88. The molecule has 1 atom stereocenters. The van der Waals surface area contributed by atoms with Crippen LogP contribution in [-0.4, -0.2) is 0 Å². The number of nitriles is 1. The molecule has 82 valence electrons. The molecular formula is C13H18FN. The third-order valence-corrected chi connectivity index (χ3v) is 1.56. The first-order valence-corrected chi connectivity index (χ1v) is 4.89. The molecule has 0 saturated heterocycles. The minimum Gasteiger partial charge on any atom is -0.207 e. The van der Waals surface area contributed by atoms with Crippen molar-refractivity contribution < 1.29 is 4.39 Å². The van der Waals surface area contributed by atoms with E-state index in [1.165, 1.54) is 12.1 Å². The molecule has 0 aliphatic carbocycles. The van der Waals surface area contributed by atoms with E-state index in [1.807, 2.05) is 13.8 Å². The van der Waals surface area contributed by atoms with Gasteiger partial charge in [0.2, 0.25) is 0 Å². The predicted octanol–water partition coefficient (Wildman–Crippen LogP) is 4.28. The lowest BCUT2D eigenvalue weighted by atomic mass is 10.0. The molecule has 0 fully saturated rings. The van der Waals surface area contributed by atoms with E-state index in [9.17, 15) is 4.39 Å². The number of nitrogens with zero attached hydrogens (tertiary/aromatic N) is 1. The van der Waals surface area contributed by atoms with Gasteiger partial charge in [0.1, 0.15) is 5.82 Å². The van der Waals surface area contributed by atoms with Crippen molar-refractivity contribution in [2.24, 2.45) is 0 Å². The molecule has 0 aliphatic heterocycles. The minimum atomic E-state index is -0.265. The Morgan fingerprint density at radius 1 is 1.20 bits per heavy atom. The molecule has 0 aliphatic rings. The van der Waals surface area contributed by atoms with Crippen molar-refractivity contribution in [1.29, 1.82) is 5.26 Å². The second-order valence-electron chi connectivity index (χ2n) is 2.40. The maximum Gasteiger partial charge on any atom is 0.123 e. The average Bonchev–Trinajstić information content (AvgIpc) is 2.34. The van der Waals surface area contributed by atoms with E-state index in [-0.39, 0.29) is 11.7 Å². The molecule has 1 rings (SSSR count). The van der Waals surface area contributed by atoms with Gasteiger partial charge < -0.3 is 0 Å². The van der Waals surface area contributed by atoms with Crippen molar-refractivity contribution >= 4 is 0 Å². The molecule has 0 spiro atoms. The van der Waals surface area contributed by atoms with Crippen molar-refractivity contribution in [2.45, 2.75) is 26.7 Å². The highest BCUT2D eigenvalue weighted by Crippen LogP contribution is 2.13. The van der Waals surface area contributed by atoms with Gasteiger partial charge in [-0.25, -0.2) is 4.39 Å². The summed E-state index contributed by atoms with van der Waals surface area (Å²) >= 11 is 0. The fourth-order valence-electron chi connectivity index (χ4n) is 0.826. The lowest BCUT2D eigenvalue weighted by Gasteiger charge is -2.00. The molecule has 1 aromatic carbocycles. The first-order chi connectivity index (χ1) is 7.24. The maximum atomic E-state index is 12.4. The van der Waals surface area contributed by atoms with Gasteiger partial charge in [0.15, 0.2) is 0 Å². The smallest absolute Gasteiger partial charge is 0.123 e. The largest absolute Gasteiger partial charge is 0.207 e. The number of benzene rings is 1. The third kappa shape index (κ3) is 6.45. The number of rotatable bonds is 1. The van der Waals surface area contributed by atoms with Crippen LogP contribution in [0.3, 0.4) is 0 Å². The summed E-state index contributed by atoms with van der Waals surface area (Å²) in [5.41, 5.74) is 0.855. The van der Waals surface area contributed by atoms with Gasteiger partial charge >= 0.3 is 0 Å². The Balaban J connectivity index is 0. The third-order valence-electron chi connectivity index (χ3n) is 1.56. The van der Waals surface area contributed by atoms with Crippen LogP contribution >= 0.6 is 0 Å². The van der Waals surface area contributed by atoms with Gasteiger partial charge in [-0.15, -0.1) is 13.2 Å². The highest BCUT2D eigenvalue weighted by Gasteiger charge is 2.01.